The van der Waals surface area contributed by atoms with Gasteiger partial charge in [-0.15, -0.1) is 0 Å². The van der Waals surface area contributed by atoms with E-state index in [1.165, 1.54) is 263 Å². The summed E-state index contributed by atoms with van der Waals surface area (Å²) in [5, 5.41) is 0. The number of carbonyl (C=O) groups excluding carboxylic acids is 3. The third-order valence-corrected chi connectivity index (χ3v) is 15.8. The molecule has 0 fully saturated rings. The van der Waals surface area contributed by atoms with Crippen LogP contribution in [0.2, 0.25) is 0 Å². The van der Waals surface area contributed by atoms with Crippen molar-refractivity contribution in [3.8, 4) is 0 Å². The fourth-order valence-electron chi connectivity index (χ4n) is 10.5. The van der Waals surface area contributed by atoms with Crippen molar-refractivity contribution in [1.82, 2.24) is 0 Å². The summed E-state index contributed by atoms with van der Waals surface area (Å²) in [6.45, 7) is 6.61. The molecule has 0 aliphatic heterocycles. The number of allylic oxidation sites excluding steroid dienone is 8. The first kappa shape index (κ1) is 76.4. The molecule has 79 heavy (non-hydrogen) atoms. The first-order valence-electron chi connectivity index (χ1n) is 35.1. The molecular weight excluding hydrogens is 973 g/mol. The second kappa shape index (κ2) is 67.9. The normalized spacial score (nSPS) is 12.3. The Hall–Kier alpha value is -2.63. The molecule has 0 heterocycles. The van der Waals surface area contributed by atoms with E-state index in [2.05, 4.69) is 69.4 Å². The van der Waals surface area contributed by atoms with Gasteiger partial charge in [-0.05, 0) is 96.3 Å². The zero-order chi connectivity index (χ0) is 57.1. The molecule has 0 aliphatic carbocycles. The number of unbranched alkanes of at least 4 members (excludes halogenated alkanes) is 46. The summed E-state index contributed by atoms with van der Waals surface area (Å²) in [4.78, 5) is 38.3. The van der Waals surface area contributed by atoms with Crippen molar-refractivity contribution >= 4 is 17.9 Å². The van der Waals surface area contributed by atoms with Crippen molar-refractivity contribution in [1.29, 1.82) is 0 Å². The molecule has 0 aromatic carbocycles. The largest absolute Gasteiger partial charge is 0.462 e. The number of hydrogen-bond donors (Lipinski definition) is 0. The summed E-state index contributed by atoms with van der Waals surface area (Å²) in [5.41, 5.74) is 0. The third-order valence-electron chi connectivity index (χ3n) is 15.8. The molecule has 0 aromatic heterocycles. The number of esters is 3. The molecule has 462 valence electrons. The molecule has 0 rings (SSSR count). The molecule has 0 aliphatic rings. The van der Waals surface area contributed by atoms with Crippen LogP contribution in [0.3, 0.4) is 0 Å². The van der Waals surface area contributed by atoms with E-state index in [0.717, 1.165) is 77.0 Å². The highest BCUT2D eigenvalue weighted by atomic mass is 16.6. The van der Waals surface area contributed by atoms with Crippen LogP contribution in [0.15, 0.2) is 48.6 Å². The maximum atomic E-state index is 12.9. The lowest BCUT2D eigenvalue weighted by Gasteiger charge is -2.18. The zero-order valence-corrected chi connectivity index (χ0v) is 53.2. The molecule has 0 bridgehead atoms. The van der Waals surface area contributed by atoms with E-state index in [1.807, 2.05) is 0 Å². The van der Waals surface area contributed by atoms with E-state index in [0.29, 0.717) is 19.3 Å². The van der Waals surface area contributed by atoms with Crippen LogP contribution in [-0.4, -0.2) is 37.2 Å². The van der Waals surface area contributed by atoms with Gasteiger partial charge in [0.25, 0.3) is 0 Å². The number of ether oxygens (including phenoxy) is 3. The van der Waals surface area contributed by atoms with Crippen molar-refractivity contribution in [2.45, 2.75) is 386 Å². The topological polar surface area (TPSA) is 78.9 Å². The summed E-state index contributed by atoms with van der Waals surface area (Å²) >= 11 is 0. The van der Waals surface area contributed by atoms with E-state index in [9.17, 15) is 14.4 Å². The summed E-state index contributed by atoms with van der Waals surface area (Å²) in [7, 11) is 0. The molecule has 0 saturated carbocycles. The highest BCUT2D eigenvalue weighted by Crippen LogP contribution is 2.18. The molecule has 1 unspecified atom stereocenters. The van der Waals surface area contributed by atoms with Crippen molar-refractivity contribution in [2.24, 2.45) is 0 Å². The zero-order valence-electron chi connectivity index (χ0n) is 53.2. The molecule has 0 saturated heterocycles. The van der Waals surface area contributed by atoms with Gasteiger partial charge in [-0.3, -0.25) is 14.4 Å². The van der Waals surface area contributed by atoms with Crippen molar-refractivity contribution in [2.75, 3.05) is 13.2 Å². The predicted octanol–water partition coefficient (Wildman–Crippen LogP) is 24.1. The summed E-state index contributed by atoms with van der Waals surface area (Å²) in [6, 6.07) is 0. The Balaban J connectivity index is 4.06. The van der Waals surface area contributed by atoms with Crippen LogP contribution in [0.4, 0.5) is 0 Å². The molecule has 0 amide bonds. The Labute approximate surface area is 492 Å². The number of hydrogen-bond acceptors (Lipinski definition) is 6. The predicted molar refractivity (Wildman–Crippen MR) is 344 cm³/mol. The quantitative estimate of drug-likeness (QED) is 0.0261. The van der Waals surface area contributed by atoms with Gasteiger partial charge in [0.15, 0.2) is 6.10 Å². The average Bonchev–Trinajstić information content (AvgIpc) is 3.45. The van der Waals surface area contributed by atoms with Crippen LogP contribution in [0, 0.1) is 0 Å². The lowest BCUT2D eigenvalue weighted by Crippen LogP contribution is -2.30. The van der Waals surface area contributed by atoms with Crippen molar-refractivity contribution in [3.63, 3.8) is 0 Å². The lowest BCUT2D eigenvalue weighted by atomic mass is 10.0. The second-order valence-corrected chi connectivity index (χ2v) is 23.8. The molecule has 0 radical (unpaired) electrons. The van der Waals surface area contributed by atoms with E-state index in [4.69, 9.17) is 14.2 Å². The Morgan fingerprint density at radius 2 is 0.481 bits per heavy atom. The van der Waals surface area contributed by atoms with Crippen LogP contribution >= 0.6 is 0 Å². The third kappa shape index (κ3) is 66.1. The summed E-state index contributed by atoms with van der Waals surface area (Å²) < 4.78 is 16.9. The number of carbonyl (C=O) groups is 3. The van der Waals surface area contributed by atoms with Crippen LogP contribution in [-0.2, 0) is 28.6 Å². The van der Waals surface area contributed by atoms with Crippen LogP contribution in [0.25, 0.3) is 0 Å². The minimum absolute atomic E-state index is 0.0733. The van der Waals surface area contributed by atoms with Gasteiger partial charge in [0.2, 0.25) is 0 Å². The summed E-state index contributed by atoms with van der Waals surface area (Å²) in [5.74, 6) is -0.867. The van der Waals surface area contributed by atoms with E-state index in [1.54, 1.807) is 0 Å². The fourth-order valence-corrected chi connectivity index (χ4v) is 10.5. The van der Waals surface area contributed by atoms with Gasteiger partial charge < -0.3 is 14.2 Å². The summed E-state index contributed by atoms with van der Waals surface area (Å²) in [6.07, 6.45) is 85.9. The average molecular weight is 1110 g/mol. The smallest absolute Gasteiger partial charge is 0.306 e. The standard InChI is InChI=1S/C73H134O6/c1-4-7-10-13-16-19-22-24-26-28-30-31-32-33-34-35-36-37-38-39-40-41-42-43-44-46-47-49-51-54-57-60-63-66-72(75)78-69-70(68-77-71(74)65-62-59-56-53-21-18-15-12-9-6-3)79-73(76)67-64-61-58-55-52-50-48-45-29-27-25-23-20-17-14-11-8-5-2/h12,15,22,24,27-30,70H,4-11,13-14,16-21,23,25-26,31-69H2,1-3H3/b15-12-,24-22-,29-27-,30-28-. The van der Waals surface area contributed by atoms with Gasteiger partial charge in [-0.1, -0.05) is 313 Å². The molecule has 0 spiro atoms. The van der Waals surface area contributed by atoms with E-state index in [-0.39, 0.29) is 31.1 Å². The minimum atomic E-state index is -0.776. The van der Waals surface area contributed by atoms with Gasteiger partial charge in [0.1, 0.15) is 13.2 Å². The fraction of sp³-hybridized carbons (Fsp3) is 0.849. The van der Waals surface area contributed by atoms with Gasteiger partial charge in [0, 0.05) is 19.3 Å². The first-order chi connectivity index (χ1) is 39.0. The minimum Gasteiger partial charge on any atom is -0.462 e. The Kier molecular flexibility index (Phi) is 65.6. The van der Waals surface area contributed by atoms with Crippen LogP contribution in [0.1, 0.15) is 380 Å². The van der Waals surface area contributed by atoms with Crippen LogP contribution in [0.5, 0.6) is 0 Å². The first-order valence-corrected chi connectivity index (χ1v) is 35.1. The van der Waals surface area contributed by atoms with Gasteiger partial charge >= 0.3 is 17.9 Å². The van der Waals surface area contributed by atoms with Gasteiger partial charge in [-0.2, -0.15) is 0 Å². The highest BCUT2D eigenvalue weighted by Gasteiger charge is 2.19. The molecule has 0 aromatic rings. The van der Waals surface area contributed by atoms with Gasteiger partial charge in [0.05, 0.1) is 0 Å². The Bertz CT molecular complexity index is 1360. The lowest BCUT2D eigenvalue weighted by molar-refractivity contribution is -0.167. The maximum absolute atomic E-state index is 12.9. The van der Waals surface area contributed by atoms with E-state index >= 15 is 0 Å². The maximum Gasteiger partial charge on any atom is 0.306 e. The molecule has 1 atom stereocenters. The monoisotopic (exact) mass is 1110 g/mol. The van der Waals surface area contributed by atoms with Crippen LogP contribution < -0.4 is 0 Å². The molecule has 6 nitrogen and oxygen atoms in total. The molecule has 0 N–H and O–H groups in total. The molecular formula is C73H134O6. The highest BCUT2D eigenvalue weighted by molar-refractivity contribution is 5.71. The Morgan fingerprint density at radius 1 is 0.253 bits per heavy atom. The molecule has 6 heteroatoms. The second-order valence-electron chi connectivity index (χ2n) is 23.8. The Morgan fingerprint density at radius 3 is 0.759 bits per heavy atom. The van der Waals surface area contributed by atoms with Crippen molar-refractivity contribution < 1.29 is 28.6 Å². The van der Waals surface area contributed by atoms with Crippen molar-refractivity contribution in [3.05, 3.63) is 48.6 Å². The van der Waals surface area contributed by atoms with E-state index < -0.39 is 6.10 Å². The SMILES string of the molecule is CCC/C=C\CCCCCCCC(=O)OCC(COC(=O)CCCCCCCCCCCCCCCCCCCCCCC/C=C\C/C=C\CCCCCCC)OC(=O)CCCCCCCCC/C=C\CCCCCCCCC. The van der Waals surface area contributed by atoms with Gasteiger partial charge in [-0.25, -0.2) is 0 Å². The number of rotatable bonds is 65.